The quantitative estimate of drug-likeness (QED) is 0.396. The minimum absolute atomic E-state index is 0.198. The first-order valence-corrected chi connectivity index (χ1v) is 11.2. The first-order chi connectivity index (χ1) is 16.9. The van der Waals surface area contributed by atoms with E-state index in [1.807, 2.05) is 68.4 Å². The van der Waals surface area contributed by atoms with Crippen molar-refractivity contribution in [3.05, 3.63) is 78.1 Å². The molecule has 0 atom stereocenters. The number of aromatic nitrogens is 4. The molecule has 0 fully saturated rings. The first kappa shape index (κ1) is 23.9. The number of aryl methyl sites for hydroxylation is 1. The third-order valence-corrected chi connectivity index (χ3v) is 5.46. The van der Waals surface area contributed by atoms with Crippen molar-refractivity contribution in [2.75, 3.05) is 39.7 Å². The second-order valence-electron chi connectivity index (χ2n) is 8.27. The van der Waals surface area contributed by atoms with Crippen LogP contribution in [0, 0.1) is 6.92 Å². The van der Waals surface area contributed by atoms with Crippen LogP contribution in [-0.4, -0.2) is 65.4 Å². The van der Waals surface area contributed by atoms with E-state index in [1.165, 1.54) is 11.1 Å². The number of carbonyl (C=O) groups is 1. The predicted octanol–water partition coefficient (Wildman–Crippen LogP) is 3.84. The highest BCUT2D eigenvalue weighted by molar-refractivity contribution is 6.04. The zero-order valence-electron chi connectivity index (χ0n) is 20.2. The summed E-state index contributed by atoms with van der Waals surface area (Å²) in [5, 5.41) is 14.6. The molecule has 4 aromatic rings. The number of hydrogen-bond donors (Lipinski definition) is 1. The van der Waals surface area contributed by atoms with Gasteiger partial charge in [-0.3, -0.25) is 4.79 Å². The van der Waals surface area contributed by atoms with Crippen LogP contribution in [0.25, 0.3) is 16.8 Å². The van der Waals surface area contributed by atoms with E-state index in [0.29, 0.717) is 29.4 Å². The van der Waals surface area contributed by atoms with Gasteiger partial charge in [0.15, 0.2) is 17.8 Å². The van der Waals surface area contributed by atoms with E-state index in [4.69, 9.17) is 9.47 Å². The topological polar surface area (TPSA) is 94.4 Å². The molecule has 0 unspecified atom stereocenters. The second-order valence-corrected chi connectivity index (χ2v) is 8.27. The van der Waals surface area contributed by atoms with Gasteiger partial charge in [-0.1, -0.05) is 18.2 Å². The number of ether oxygens (including phenoxy) is 2. The number of carbonyl (C=O) groups excluding carboxylic acids is 1. The third-order valence-electron chi connectivity index (χ3n) is 5.46. The van der Waals surface area contributed by atoms with Crippen LogP contribution in [0.5, 0.6) is 11.5 Å². The van der Waals surface area contributed by atoms with Crippen molar-refractivity contribution in [3.8, 4) is 28.3 Å². The summed E-state index contributed by atoms with van der Waals surface area (Å²) in [4.78, 5) is 16.4. The number of tetrazole rings is 1. The zero-order chi connectivity index (χ0) is 24.8. The fourth-order valence-electron chi connectivity index (χ4n) is 3.60. The molecule has 1 amide bonds. The maximum absolute atomic E-state index is 12.9. The molecule has 3 aromatic carbocycles. The number of nitrogens with one attached hydrogen (secondary N) is 1. The van der Waals surface area contributed by atoms with Gasteiger partial charge in [0.2, 0.25) is 0 Å². The van der Waals surface area contributed by atoms with Gasteiger partial charge in [0, 0.05) is 23.9 Å². The summed E-state index contributed by atoms with van der Waals surface area (Å²) >= 11 is 0. The van der Waals surface area contributed by atoms with E-state index < -0.39 is 0 Å². The molecule has 1 aromatic heterocycles. The van der Waals surface area contributed by atoms with Crippen LogP contribution < -0.4 is 14.8 Å². The van der Waals surface area contributed by atoms with E-state index >= 15 is 0 Å². The molecule has 9 nitrogen and oxygen atoms in total. The Hall–Kier alpha value is -4.24. The SMILES string of the molecule is COc1ccc(NC(=O)c2ccc(-c3ccc(-n4ncnn4)cc3)c(C)c2)cc1OCCN(C)C. The van der Waals surface area contributed by atoms with Crippen LogP contribution in [0.1, 0.15) is 15.9 Å². The lowest BCUT2D eigenvalue weighted by Gasteiger charge is -2.15. The van der Waals surface area contributed by atoms with Gasteiger partial charge in [-0.2, -0.15) is 0 Å². The van der Waals surface area contributed by atoms with Crippen molar-refractivity contribution >= 4 is 11.6 Å². The number of nitrogens with zero attached hydrogens (tertiary/aromatic N) is 5. The Kier molecular flexibility index (Phi) is 7.37. The molecule has 0 aliphatic carbocycles. The molecule has 0 bridgehead atoms. The number of hydrogen-bond acceptors (Lipinski definition) is 7. The van der Waals surface area contributed by atoms with Crippen molar-refractivity contribution in [1.29, 1.82) is 0 Å². The number of methoxy groups -OCH3 is 1. The molecular formula is C26H28N6O3. The maximum atomic E-state index is 12.9. The molecule has 0 saturated carbocycles. The third kappa shape index (κ3) is 5.82. The van der Waals surface area contributed by atoms with Crippen molar-refractivity contribution in [1.82, 2.24) is 25.1 Å². The molecule has 1 heterocycles. The molecule has 0 aliphatic rings. The van der Waals surface area contributed by atoms with Crippen molar-refractivity contribution < 1.29 is 14.3 Å². The Morgan fingerprint density at radius 3 is 2.49 bits per heavy atom. The highest BCUT2D eigenvalue weighted by atomic mass is 16.5. The molecule has 9 heteroatoms. The van der Waals surface area contributed by atoms with Crippen molar-refractivity contribution in [2.24, 2.45) is 0 Å². The molecule has 0 spiro atoms. The van der Waals surface area contributed by atoms with Gasteiger partial charge in [-0.05, 0) is 79.3 Å². The maximum Gasteiger partial charge on any atom is 0.255 e. The number of amides is 1. The number of likely N-dealkylation sites (N-methyl/N-ethyl adjacent to an activating group) is 1. The van der Waals surface area contributed by atoms with Crippen LogP contribution in [-0.2, 0) is 0 Å². The summed E-state index contributed by atoms with van der Waals surface area (Å²) in [5.74, 6) is 1.01. The van der Waals surface area contributed by atoms with Gasteiger partial charge >= 0.3 is 0 Å². The highest BCUT2D eigenvalue weighted by Gasteiger charge is 2.12. The van der Waals surface area contributed by atoms with Gasteiger partial charge in [0.1, 0.15) is 6.61 Å². The number of anilines is 1. The van der Waals surface area contributed by atoms with E-state index in [1.54, 1.807) is 25.3 Å². The lowest BCUT2D eigenvalue weighted by molar-refractivity contribution is 0.102. The fraction of sp³-hybridized carbons (Fsp3) is 0.231. The van der Waals surface area contributed by atoms with Crippen LogP contribution in [0.3, 0.4) is 0 Å². The van der Waals surface area contributed by atoms with Gasteiger partial charge in [-0.25, -0.2) is 0 Å². The fourth-order valence-corrected chi connectivity index (χ4v) is 3.60. The number of benzene rings is 3. The summed E-state index contributed by atoms with van der Waals surface area (Å²) in [5.41, 5.74) is 5.10. The van der Waals surface area contributed by atoms with E-state index in [9.17, 15) is 4.79 Å². The van der Waals surface area contributed by atoms with Crippen LogP contribution in [0.15, 0.2) is 67.0 Å². The molecule has 0 aliphatic heterocycles. The Morgan fingerprint density at radius 1 is 1.03 bits per heavy atom. The minimum atomic E-state index is -0.198. The van der Waals surface area contributed by atoms with Gasteiger partial charge < -0.3 is 19.7 Å². The monoisotopic (exact) mass is 472 g/mol. The molecule has 4 rings (SSSR count). The van der Waals surface area contributed by atoms with E-state index in [-0.39, 0.29) is 5.91 Å². The molecular weight excluding hydrogens is 444 g/mol. The lowest BCUT2D eigenvalue weighted by Crippen LogP contribution is -2.19. The van der Waals surface area contributed by atoms with Gasteiger partial charge in [0.25, 0.3) is 5.91 Å². The minimum Gasteiger partial charge on any atom is -0.493 e. The smallest absolute Gasteiger partial charge is 0.255 e. The lowest BCUT2D eigenvalue weighted by atomic mass is 9.98. The number of rotatable bonds is 9. The van der Waals surface area contributed by atoms with Crippen molar-refractivity contribution in [2.45, 2.75) is 6.92 Å². The molecule has 180 valence electrons. The standard InChI is InChI=1S/C26H28N6O3/c1-18-15-20(7-11-23(18)19-5-9-22(10-6-19)32-28-17-27-30-32)26(33)29-21-8-12-24(34-4)25(16-21)35-14-13-31(2)3/h5-12,15-17H,13-14H2,1-4H3,(H,29,33). The zero-order valence-corrected chi connectivity index (χ0v) is 20.2. The summed E-state index contributed by atoms with van der Waals surface area (Å²) in [6.07, 6.45) is 1.40. The van der Waals surface area contributed by atoms with Crippen LogP contribution in [0.4, 0.5) is 5.69 Å². The first-order valence-electron chi connectivity index (χ1n) is 11.2. The summed E-state index contributed by atoms with van der Waals surface area (Å²) in [6, 6.07) is 18.9. The normalized spacial score (nSPS) is 10.9. The highest BCUT2D eigenvalue weighted by Crippen LogP contribution is 2.31. The van der Waals surface area contributed by atoms with Gasteiger partial charge in [0.05, 0.1) is 12.8 Å². The largest absolute Gasteiger partial charge is 0.493 e. The predicted molar refractivity (Wildman–Crippen MR) is 134 cm³/mol. The summed E-state index contributed by atoms with van der Waals surface area (Å²) < 4.78 is 11.2. The van der Waals surface area contributed by atoms with Crippen molar-refractivity contribution in [3.63, 3.8) is 0 Å². The van der Waals surface area contributed by atoms with Gasteiger partial charge in [-0.15, -0.1) is 15.0 Å². The molecule has 0 radical (unpaired) electrons. The second kappa shape index (κ2) is 10.8. The Bertz CT molecular complexity index is 1290. The summed E-state index contributed by atoms with van der Waals surface area (Å²) in [6.45, 7) is 3.27. The molecule has 0 saturated heterocycles. The Balaban J connectivity index is 1.47. The Labute approximate surface area is 204 Å². The average molecular weight is 473 g/mol. The van der Waals surface area contributed by atoms with Crippen LogP contribution in [0.2, 0.25) is 0 Å². The van der Waals surface area contributed by atoms with E-state index in [0.717, 1.165) is 28.9 Å². The average Bonchev–Trinajstić information content (AvgIpc) is 3.39. The molecule has 35 heavy (non-hydrogen) atoms. The molecule has 1 N–H and O–H groups in total. The summed E-state index contributed by atoms with van der Waals surface area (Å²) in [7, 11) is 5.56. The van der Waals surface area contributed by atoms with E-state index in [2.05, 4.69) is 20.7 Å². The Morgan fingerprint density at radius 2 is 1.83 bits per heavy atom. The van der Waals surface area contributed by atoms with Crippen LogP contribution >= 0.6 is 0 Å².